The first-order chi connectivity index (χ1) is 16.3. The zero-order valence-electron chi connectivity index (χ0n) is 19.3. The first-order valence-corrected chi connectivity index (χ1v) is 11.4. The van der Waals surface area contributed by atoms with Gasteiger partial charge >= 0.3 is 5.97 Å². The van der Waals surface area contributed by atoms with E-state index in [0.717, 1.165) is 16.8 Å². The second kappa shape index (κ2) is 8.63. The van der Waals surface area contributed by atoms with E-state index in [-0.39, 0.29) is 36.8 Å². The average molecular weight is 464 g/mol. The van der Waals surface area contributed by atoms with Crippen molar-refractivity contribution in [1.82, 2.24) is 5.32 Å². The van der Waals surface area contributed by atoms with Crippen molar-refractivity contribution in [3.8, 4) is 11.5 Å². The van der Waals surface area contributed by atoms with E-state index < -0.39 is 11.9 Å². The normalized spacial score (nSPS) is 21.5. The summed E-state index contributed by atoms with van der Waals surface area (Å²) >= 11 is 0. The predicted molar refractivity (Wildman–Crippen MR) is 123 cm³/mol. The lowest BCUT2D eigenvalue weighted by Gasteiger charge is -2.37. The summed E-state index contributed by atoms with van der Waals surface area (Å²) in [7, 11) is 0. The standard InChI is InChI=1S/C27H26FNO5/c1-14(2)34-27(31)24-15(3)29-20-10-18(16-4-7-19(28)8-5-16)11-21(30)26(20)25(24)17-6-9-22-23(12-17)33-13-32-22/h4-9,12,14,18,25,29H,10-11,13H2,1-3H3/t18-,25-/m1/s1. The molecule has 2 aromatic rings. The van der Waals surface area contributed by atoms with Gasteiger partial charge in [-0.05, 0) is 68.5 Å². The monoisotopic (exact) mass is 463 g/mol. The molecule has 2 aromatic carbocycles. The highest BCUT2D eigenvalue weighted by molar-refractivity contribution is 6.04. The number of nitrogens with one attached hydrogen (secondary N) is 1. The Kier molecular flexibility index (Phi) is 5.63. The van der Waals surface area contributed by atoms with Crippen LogP contribution in [0.3, 0.4) is 0 Å². The number of carbonyl (C=O) groups excluding carboxylic acids is 2. The van der Waals surface area contributed by atoms with E-state index in [1.54, 1.807) is 32.0 Å². The van der Waals surface area contributed by atoms with Crippen LogP contribution in [0.15, 0.2) is 65.0 Å². The van der Waals surface area contributed by atoms with Crippen molar-refractivity contribution in [2.24, 2.45) is 0 Å². The maximum absolute atomic E-state index is 13.6. The Balaban J connectivity index is 1.59. The molecule has 0 bridgehead atoms. The summed E-state index contributed by atoms with van der Waals surface area (Å²) < 4.78 is 30.0. The zero-order valence-corrected chi connectivity index (χ0v) is 19.3. The van der Waals surface area contributed by atoms with Gasteiger partial charge in [0.1, 0.15) is 5.82 Å². The Morgan fingerprint density at radius 2 is 1.76 bits per heavy atom. The van der Waals surface area contributed by atoms with Gasteiger partial charge in [0.2, 0.25) is 6.79 Å². The largest absolute Gasteiger partial charge is 0.460 e. The first kappa shape index (κ1) is 22.2. The second-order valence-electron chi connectivity index (χ2n) is 9.14. The third-order valence-corrected chi connectivity index (χ3v) is 6.46. The van der Waals surface area contributed by atoms with E-state index in [4.69, 9.17) is 14.2 Å². The number of Topliss-reactive ketones (excluding diaryl/α,β-unsaturated/α-hetero) is 1. The number of dihydropyridines is 1. The number of ketones is 1. The van der Waals surface area contributed by atoms with Crippen LogP contribution in [0.4, 0.5) is 4.39 Å². The molecule has 176 valence electrons. The first-order valence-electron chi connectivity index (χ1n) is 11.4. The van der Waals surface area contributed by atoms with Crippen LogP contribution >= 0.6 is 0 Å². The summed E-state index contributed by atoms with van der Waals surface area (Å²) in [4.78, 5) is 26.8. The number of benzene rings is 2. The molecule has 7 heteroatoms. The Hall–Kier alpha value is -3.61. The van der Waals surface area contributed by atoms with Crippen molar-refractivity contribution >= 4 is 11.8 Å². The number of hydrogen-bond acceptors (Lipinski definition) is 6. The molecular formula is C27H26FNO5. The number of rotatable bonds is 4. The van der Waals surface area contributed by atoms with Gasteiger partial charge in [-0.3, -0.25) is 4.79 Å². The van der Waals surface area contributed by atoms with Gasteiger partial charge in [-0.1, -0.05) is 18.2 Å². The molecule has 0 spiro atoms. The molecule has 0 amide bonds. The Morgan fingerprint density at radius 3 is 2.50 bits per heavy atom. The van der Waals surface area contributed by atoms with Crippen molar-refractivity contribution in [3.63, 3.8) is 0 Å². The predicted octanol–water partition coefficient (Wildman–Crippen LogP) is 4.87. The maximum Gasteiger partial charge on any atom is 0.337 e. The molecule has 3 aliphatic rings. The molecule has 0 unspecified atom stereocenters. The summed E-state index contributed by atoms with van der Waals surface area (Å²) in [5.41, 5.74) is 4.10. The summed E-state index contributed by atoms with van der Waals surface area (Å²) in [6.45, 7) is 5.55. The van der Waals surface area contributed by atoms with Gasteiger partial charge in [0.25, 0.3) is 0 Å². The molecule has 0 radical (unpaired) electrons. The van der Waals surface area contributed by atoms with Gasteiger partial charge in [0.05, 0.1) is 11.7 Å². The smallest absolute Gasteiger partial charge is 0.337 e. The van der Waals surface area contributed by atoms with Crippen molar-refractivity contribution in [2.45, 2.75) is 51.6 Å². The molecule has 0 fully saturated rings. The fraction of sp³-hybridized carbons (Fsp3) is 0.333. The minimum Gasteiger partial charge on any atom is -0.460 e. The van der Waals surface area contributed by atoms with E-state index in [1.807, 2.05) is 19.1 Å². The van der Waals surface area contributed by atoms with Crippen molar-refractivity contribution in [1.29, 1.82) is 0 Å². The Bertz CT molecular complexity index is 1230. The third-order valence-electron chi connectivity index (χ3n) is 6.46. The Morgan fingerprint density at radius 1 is 1.06 bits per heavy atom. The molecule has 1 aliphatic carbocycles. The van der Waals surface area contributed by atoms with Crippen LogP contribution in [0.25, 0.3) is 0 Å². The number of ether oxygens (including phenoxy) is 3. The maximum atomic E-state index is 13.6. The summed E-state index contributed by atoms with van der Waals surface area (Å²) in [6, 6.07) is 11.8. The summed E-state index contributed by atoms with van der Waals surface area (Å²) in [6.07, 6.45) is 0.557. The van der Waals surface area contributed by atoms with Crippen LogP contribution in [-0.2, 0) is 14.3 Å². The minimum absolute atomic E-state index is 0.0481. The van der Waals surface area contributed by atoms with Gasteiger partial charge in [0.15, 0.2) is 17.3 Å². The lowest BCUT2D eigenvalue weighted by molar-refractivity contribution is -0.143. The van der Waals surface area contributed by atoms with E-state index in [0.29, 0.717) is 34.8 Å². The number of esters is 1. The SMILES string of the molecule is CC1=C(C(=O)OC(C)C)[C@@H](c2ccc3c(c2)OCO3)C2=C(C[C@@H](c3ccc(F)cc3)CC2=O)N1. The van der Waals surface area contributed by atoms with Crippen LogP contribution in [0.1, 0.15) is 56.6 Å². The van der Waals surface area contributed by atoms with E-state index in [1.165, 1.54) is 12.1 Å². The average Bonchev–Trinajstić information content (AvgIpc) is 3.25. The van der Waals surface area contributed by atoms with Gasteiger partial charge in [-0.2, -0.15) is 0 Å². The molecule has 5 rings (SSSR count). The molecule has 2 atom stereocenters. The second-order valence-corrected chi connectivity index (χ2v) is 9.14. The van der Waals surface area contributed by atoms with Crippen LogP contribution in [0.2, 0.25) is 0 Å². The molecule has 2 aliphatic heterocycles. The minimum atomic E-state index is -0.585. The van der Waals surface area contributed by atoms with Crippen LogP contribution in [-0.4, -0.2) is 24.6 Å². The lowest BCUT2D eigenvalue weighted by atomic mass is 9.71. The highest BCUT2D eigenvalue weighted by Gasteiger charge is 2.42. The topological polar surface area (TPSA) is 73.9 Å². The molecule has 0 saturated heterocycles. The highest BCUT2D eigenvalue weighted by atomic mass is 19.1. The highest BCUT2D eigenvalue weighted by Crippen LogP contribution is 2.47. The van der Waals surface area contributed by atoms with Crippen molar-refractivity contribution in [2.75, 3.05) is 6.79 Å². The number of carbonyl (C=O) groups is 2. The number of allylic oxidation sites excluding steroid dienone is 3. The molecule has 0 aromatic heterocycles. The molecule has 2 heterocycles. The fourth-order valence-electron chi connectivity index (χ4n) is 4.98. The summed E-state index contributed by atoms with van der Waals surface area (Å²) in [5.74, 6) is -0.259. The summed E-state index contributed by atoms with van der Waals surface area (Å²) in [5, 5.41) is 3.32. The van der Waals surface area contributed by atoms with E-state index in [2.05, 4.69) is 5.32 Å². The number of hydrogen-bond donors (Lipinski definition) is 1. The molecule has 0 saturated carbocycles. The van der Waals surface area contributed by atoms with Crippen LogP contribution < -0.4 is 14.8 Å². The fourth-order valence-corrected chi connectivity index (χ4v) is 4.98. The lowest BCUT2D eigenvalue weighted by Crippen LogP contribution is -2.36. The van der Waals surface area contributed by atoms with Gasteiger partial charge in [0, 0.05) is 29.3 Å². The van der Waals surface area contributed by atoms with Crippen LogP contribution in [0, 0.1) is 5.82 Å². The van der Waals surface area contributed by atoms with Gasteiger partial charge in [-0.25, -0.2) is 9.18 Å². The van der Waals surface area contributed by atoms with Crippen molar-refractivity contribution in [3.05, 3.63) is 81.9 Å². The molecule has 34 heavy (non-hydrogen) atoms. The van der Waals surface area contributed by atoms with E-state index in [9.17, 15) is 14.0 Å². The molecular weight excluding hydrogens is 437 g/mol. The number of fused-ring (bicyclic) bond motifs is 1. The Labute approximate surface area is 197 Å². The number of halogens is 1. The van der Waals surface area contributed by atoms with Crippen molar-refractivity contribution < 1.29 is 28.2 Å². The van der Waals surface area contributed by atoms with E-state index >= 15 is 0 Å². The van der Waals surface area contributed by atoms with Crippen LogP contribution in [0.5, 0.6) is 11.5 Å². The van der Waals surface area contributed by atoms with Gasteiger partial charge in [-0.15, -0.1) is 0 Å². The van der Waals surface area contributed by atoms with Gasteiger partial charge < -0.3 is 19.5 Å². The molecule has 1 N–H and O–H groups in total. The third kappa shape index (κ3) is 3.95. The zero-order chi connectivity index (χ0) is 24.0. The quantitative estimate of drug-likeness (QED) is 0.653. The molecule has 6 nitrogen and oxygen atoms in total.